The molecule has 2 heterocycles. The third kappa shape index (κ3) is 3.45. The number of hydrogen-bond donors (Lipinski definition) is 2. The second kappa shape index (κ2) is 6.64. The maximum atomic E-state index is 12.5. The zero-order valence-corrected chi connectivity index (χ0v) is 15.0. The summed E-state index contributed by atoms with van der Waals surface area (Å²) in [7, 11) is -3.82. The molecule has 0 aliphatic carbocycles. The third-order valence-corrected chi connectivity index (χ3v) is 5.25. The quantitative estimate of drug-likeness (QED) is 0.700. The van der Waals surface area contributed by atoms with Gasteiger partial charge in [-0.3, -0.25) is 9.52 Å². The van der Waals surface area contributed by atoms with Gasteiger partial charge in [-0.05, 0) is 45.0 Å². The number of hydrogen-bond acceptors (Lipinski definition) is 7. The standard InChI is InChI=1S/C16H16N4O5S/c1-9-15(11(3)25-19-9)26(22,23)20-13-6-4-12(5-7-13)18-16(21)14-8-17-24-10(14)2/h4-8,20H,1-3H3,(H,18,21). The highest BCUT2D eigenvalue weighted by atomic mass is 32.2. The molecule has 26 heavy (non-hydrogen) atoms. The highest BCUT2D eigenvalue weighted by molar-refractivity contribution is 7.92. The van der Waals surface area contributed by atoms with Gasteiger partial charge in [-0.2, -0.15) is 0 Å². The Balaban J connectivity index is 1.74. The number of anilines is 2. The van der Waals surface area contributed by atoms with Crippen LogP contribution in [0.25, 0.3) is 0 Å². The molecule has 3 aromatic rings. The number of aryl methyl sites for hydroxylation is 3. The molecule has 9 nitrogen and oxygen atoms in total. The van der Waals surface area contributed by atoms with Crippen LogP contribution in [-0.2, 0) is 10.0 Å². The van der Waals surface area contributed by atoms with Crippen LogP contribution in [0.5, 0.6) is 0 Å². The first-order valence-electron chi connectivity index (χ1n) is 7.56. The summed E-state index contributed by atoms with van der Waals surface area (Å²) < 4.78 is 37.1. The van der Waals surface area contributed by atoms with Crippen molar-refractivity contribution in [1.82, 2.24) is 10.3 Å². The lowest BCUT2D eigenvalue weighted by atomic mass is 10.2. The average molecular weight is 376 g/mol. The lowest BCUT2D eigenvalue weighted by Gasteiger charge is -2.09. The van der Waals surface area contributed by atoms with Crippen molar-refractivity contribution in [2.24, 2.45) is 0 Å². The molecule has 0 radical (unpaired) electrons. The Morgan fingerprint density at radius 3 is 2.19 bits per heavy atom. The van der Waals surface area contributed by atoms with Gasteiger partial charge in [0.1, 0.15) is 17.0 Å². The molecular formula is C16H16N4O5S. The van der Waals surface area contributed by atoms with E-state index in [0.717, 1.165) is 0 Å². The molecule has 0 unspecified atom stereocenters. The zero-order chi connectivity index (χ0) is 18.9. The van der Waals surface area contributed by atoms with Crippen molar-refractivity contribution in [2.45, 2.75) is 25.7 Å². The van der Waals surface area contributed by atoms with E-state index in [2.05, 4.69) is 20.4 Å². The van der Waals surface area contributed by atoms with E-state index in [0.29, 0.717) is 22.7 Å². The van der Waals surface area contributed by atoms with E-state index >= 15 is 0 Å². The first-order valence-corrected chi connectivity index (χ1v) is 9.04. The summed E-state index contributed by atoms with van der Waals surface area (Å²) in [5, 5.41) is 9.88. The maximum absolute atomic E-state index is 12.5. The van der Waals surface area contributed by atoms with Crippen LogP contribution in [0.2, 0.25) is 0 Å². The van der Waals surface area contributed by atoms with E-state index in [-0.39, 0.29) is 22.3 Å². The number of benzene rings is 1. The summed E-state index contributed by atoms with van der Waals surface area (Å²) in [5.74, 6) is 0.252. The minimum absolute atomic E-state index is 0.0119. The zero-order valence-electron chi connectivity index (χ0n) is 14.2. The predicted octanol–water partition coefficient (Wildman–Crippen LogP) is 2.64. The van der Waals surface area contributed by atoms with Gasteiger partial charge in [0, 0.05) is 11.4 Å². The number of carbonyl (C=O) groups is 1. The van der Waals surface area contributed by atoms with E-state index in [1.807, 2.05) is 0 Å². The Morgan fingerprint density at radius 2 is 1.65 bits per heavy atom. The van der Waals surface area contributed by atoms with Crippen molar-refractivity contribution in [2.75, 3.05) is 10.0 Å². The molecule has 0 aliphatic rings. The molecule has 0 fully saturated rings. The summed E-state index contributed by atoms with van der Waals surface area (Å²) in [4.78, 5) is 12.1. The lowest BCUT2D eigenvalue weighted by Crippen LogP contribution is -2.15. The van der Waals surface area contributed by atoms with Gasteiger partial charge in [-0.15, -0.1) is 0 Å². The van der Waals surface area contributed by atoms with Gasteiger partial charge in [0.05, 0.1) is 6.20 Å². The van der Waals surface area contributed by atoms with Crippen molar-refractivity contribution < 1.29 is 22.3 Å². The summed E-state index contributed by atoms with van der Waals surface area (Å²) in [5.41, 5.74) is 1.44. The number of rotatable bonds is 5. The van der Waals surface area contributed by atoms with E-state index < -0.39 is 10.0 Å². The summed E-state index contributed by atoms with van der Waals surface area (Å²) in [6.45, 7) is 4.71. The van der Waals surface area contributed by atoms with Crippen LogP contribution in [0, 0.1) is 20.8 Å². The van der Waals surface area contributed by atoms with Gasteiger partial charge in [0.2, 0.25) is 0 Å². The average Bonchev–Trinajstić information content (AvgIpc) is 3.14. The molecule has 0 bridgehead atoms. The van der Waals surface area contributed by atoms with Crippen LogP contribution in [-0.4, -0.2) is 24.6 Å². The van der Waals surface area contributed by atoms with Crippen molar-refractivity contribution in [3.63, 3.8) is 0 Å². The lowest BCUT2D eigenvalue weighted by molar-refractivity contribution is 0.102. The summed E-state index contributed by atoms with van der Waals surface area (Å²) >= 11 is 0. The van der Waals surface area contributed by atoms with E-state index in [1.54, 1.807) is 26.0 Å². The highest BCUT2D eigenvalue weighted by Gasteiger charge is 2.24. The molecular weight excluding hydrogens is 360 g/mol. The second-order valence-corrected chi connectivity index (χ2v) is 7.21. The molecule has 1 aromatic carbocycles. The number of aromatic nitrogens is 2. The van der Waals surface area contributed by atoms with Crippen molar-refractivity contribution in [3.05, 3.63) is 53.2 Å². The topological polar surface area (TPSA) is 127 Å². The second-order valence-electron chi connectivity index (χ2n) is 5.59. The number of nitrogens with one attached hydrogen (secondary N) is 2. The third-order valence-electron chi connectivity index (χ3n) is 3.63. The van der Waals surface area contributed by atoms with Gasteiger partial charge >= 0.3 is 0 Å². The molecule has 1 amide bonds. The molecule has 136 valence electrons. The molecule has 2 N–H and O–H groups in total. The molecule has 0 aliphatic heterocycles. The number of amides is 1. The van der Waals surface area contributed by atoms with Gasteiger partial charge in [-0.25, -0.2) is 8.42 Å². The van der Waals surface area contributed by atoms with Crippen LogP contribution in [0.15, 0.2) is 44.4 Å². The highest BCUT2D eigenvalue weighted by Crippen LogP contribution is 2.23. The Labute approximate surface area is 149 Å². The smallest absolute Gasteiger partial charge is 0.267 e. The Kier molecular flexibility index (Phi) is 4.51. The van der Waals surface area contributed by atoms with Crippen molar-refractivity contribution >= 4 is 27.3 Å². The van der Waals surface area contributed by atoms with Gasteiger partial charge in [0.25, 0.3) is 15.9 Å². The predicted molar refractivity (Wildman–Crippen MR) is 92.4 cm³/mol. The minimum atomic E-state index is -3.82. The Bertz CT molecular complexity index is 1030. The SMILES string of the molecule is Cc1noc(C)c1S(=O)(=O)Nc1ccc(NC(=O)c2cnoc2C)cc1. The first kappa shape index (κ1) is 17.7. The van der Waals surface area contributed by atoms with E-state index in [4.69, 9.17) is 9.05 Å². The van der Waals surface area contributed by atoms with Crippen LogP contribution in [0.1, 0.15) is 27.6 Å². The minimum Gasteiger partial charge on any atom is -0.361 e. The molecule has 2 aromatic heterocycles. The fourth-order valence-electron chi connectivity index (χ4n) is 2.40. The number of sulfonamides is 1. The first-order chi connectivity index (χ1) is 12.3. The largest absolute Gasteiger partial charge is 0.361 e. The van der Waals surface area contributed by atoms with Crippen molar-refractivity contribution in [1.29, 1.82) is 0 Å². The van der Waals surface area contributed by atoms with Crippen LogP contribution in [0.4, 0.5) is 11.4 Å². The molecule has 3 rings (SSSR count). The molecule has 10 heteroatoms. The monoisotopic (exact) mass is 376 g/mol. The number of carbonyl (C=O) groups excluding carboxylic acids is 1. The molecule has 0 saturated heterocycles. The fraction of sp³-hybridized carbons (Fsp3) is 0.188. The number of nitrogens with zero attached hydrogens (tertiary/aromatic N) is 2. The van der Waals surface area contributed by atoms with E-state index in [1.165, 1.54) is 25.3 Å². The normalized spacial score (nSPS) is 11.3. The van der Waals surface area contributed by atoms with E-state index in [9.17, 15) is 13.2 Å². The van der Waals surface area contributed by atoms with Crippen LogP contribution < -0.4 is 10.0 Å². The fourth-order valence-corrected chi connectivity index (χ4v) is 3.79. The van der Waals surface area contributed by atoms with Gasteiger partial charge < -0.3 is 14.4 Å². The van der Waals surface area contributed by atoms with Crippen molar-refractivity contribution in [3.8, 4) is 0 Å². The van der Waals surface area contributed by atoms with Gasteiger partial charge in [0.15, 0.2) is 10.7 Å². The summed E-state index contributed by atoms with van der Waals surface area (Å²) in [6, 6.07) is 6.22. The molecule has 0 saturated carbocycles. The van der Waals surface area contributed by atoms with Crippen LogP contribution in [0.3, 0.4) is 0 Å². The Hall–Kier alpha value is -3.14. The van der Waals surface area contributed by atoms with Gasteiger partial charge in [-0.1, -0.05) is 10.3 Å². The summed E-state index contributed by atoms with van der Waals surface area (Å²) in [6.07, 6.45) is 1.33. The van der Waals surface area contributed by atoms with Crippen LogP contribution >= 0.6 is 0 Å². The molecule has 0 spiro atoms. The maximum Gasteiger partial charge on any atom is 0.267 e. The Morgan fingerprint density at radius 1 is 1.00 bits per heavy atom. The molecule has 0 atom stereocenters.